The summed E-state index contributed by atoms with van der Waals surface area (Å²) in [6.45, 7) is 4.41. The maximum absolute atomic E-state index is 12.7. The topological polar surface area (TPSA) is 73.1 Å². The fourth-order valence-corrected chi connectivity index (χ4v) is 2.85. The number of hydrogen-bond donors (Lipinski definition) is 0. The van der Waals surface area contributed by atoms with E-state index in [0.29, 0.717) is 32.0 Å². The maximum Gasteiger partial charge on any atom is 0.272 e. The minimum Gasteiger partial charge on any atom is -0.379 e. The van der Waals surface area contributed by atoms with Crippen LogP contribution in [0.2, 0.25) is 0 Å². The molecule has 1 unspecified atom stereocenters. The fourth-order valence-electron chi connectivity index (χ4n) is 2.85. The number of ether oxygens (including phenoxy) is 1. The van der Waals surface area contributed by atoms with Crippen LogP contribution in [0.3, 0.4) is 0 Å². The van der Waals surface area contributed by atoms with Gasteiger partial charge in [-0.1, -0.05) is 0 Å². The summed E-state index contributed by atoms with van der Waals surface area (Å²) in [5.74, 6) is 0.225. The largest absolute Gasteiger partial charge is 0.379 e. The predicted molar refractivity (Wildman–Crippen MR) is 83.9 cm³/mol. The molecule has 0 saturated carbocycles. The molecule has 0 spiro atoms. The molecule has 0 N–H and O–H groups in total. The number of nitrogens with zero attached hydrogens (tertiary/aromatic N) is 5. The lowest BCUT2D eigenvalue weighted by Gasteiger charge is -2.23. The van der Waals surface area contributed by atoms with Crippen molar-refractivity contribution < 1.29 is 9.53 Å². The van der Waals surface area contributed by atoms with Gasteiger partial charge in [-0.3, -0.25) is 9.48 Å². The van der Waals surface area contributed by atoms with Crippen molar-refractivity contribution in [3.63, 3.8) is 0 Å². The van der Waals surface area contributed by atoms with Crippen molar-refractivity contribution in [1.29, 1.82) is 0 Å². The summed E-state index contributed by atoms with van der Waals surface area (Å²) < 4.78 is 7.29. The van der Waals surface area contributed by atoms with Crippen LogP contribution in [-0.2, 0) is 18.2 Å². The Labute approximate surface area is 135 Å². The smallest absolute Gasteiger partial charge is 0.272 e. The molecule has 0 radical (unpaired) electrons. The van der Waals surface area contributed by atoms with Crippen molar-refractivity contribution in [2.45, 2.75) is 13.3 Å². The summed E-state index contributed by atoms with van der Waals surface area (Å²) >= 11 is 0. The van der Waals surface area contributed by atoms with Gasteiger partial charge in [0.05, 0.1) is 13.2 Å². The molecule has 1 atom stereocenters. The highest BCUT2D eigenvalue weighted by Gasteiger charge is 2.25. The van der Waals surface area contributed by atoms with Crippen LogP contribution in [-0.4, -0.2) is 56.9 Å². The summed E-state index contributed by atoms with van der Waals surface area (Å²) in [5.41, 5.74) is 2.54. The Morgan fingerprint density at radius 1 is 1.43 bits per heavy atom. The van der Waals surface area contributed by atoms with Crippen LogP contribution in [0.5, 0.6) is 0 Å². The molecule has 2 aromatic rings. The number of carbonyl (C=O) groups is 1. The molecule has 3 heterocycles. The Kier molecular flexibility index (Phi) is 4.66. The zero-order valence-electron chi connectivity index (χ0n) is 13.5. The van der Waals surface area contributed by atoms with Crippen molar-refractivity contribution in [2.75, 3.05) is 26.3 Å². The zero-order chi connectivity index (χ0) is 16.2. The molecule has 23 heavy (non-hydrogen) atoms. The minimum absolute atomic E-state index is 0.000585. The van der Waals surface area contributed by atoms with Gasteiger partial charge < -0.3 is 9.64 Å². The molecule has 1 saturated heterocycles. The van der Waals surface area contributed by atoms with Crippen molar-refractivity contribution in [1.82, 2.24) is 24.6 Å². The second-order valence-corrected chi connectivity index (χ2v) is 5.89. The number of amides is 1. The lowest BCUT2D eigenvalue weighted by atomic mass is 10.0. The minimum atomic E-state index is -0.000585. The highest BCUT2D eigenvalue weighted by atomic mass is 16.5. The van der Waals surface area contributed by atoms with E-state index in [0.717, 1.165) is 17.8 Å². The number of hydrogen-bond acceptors (Lipinski definition) is 5. The zero-order valence-corrected chi connectivity index (χ0v) is 13.5. The van der Waals surface area contributed by atoms with Gasteiger partial charge in [0.2, 0.25) is 0 Å². The van der Waals surface area contributed by atoms with E-state index in [9.17, 15) is 4.79 Å². The molecule has 7 nitrogen and oxygen atoms in total. The van der Waals surface area contributed by atoms with E-state index in [2.05, 4.69) is 15.1 Å². The van der Waals surface area contributed by atoms with E-state index < -0.39 is 0 Å². The van der Waals surface area contributed by atoms with E-state index in [1.165, 1.54) is 0 Å². The molecule has 1 amide bonds. The van der Waals surface area contributed by atoms with Crippen LogP contribution >= 0.6 is 0 Å². The van der Waals surface area contributed by atoms with Crippen LogP contribution in [0.15, 0.2) is 24.7 Å². The van der Waals surface area contributed by atoms with Crippen molar-refractivity contribution >= 4 is 5.91 Å². The number of aromatic nitrogens is 4. The molecule has 1 fully saturated rings. The van der Waals surface area contributed by atoms with Gasteiger partial charge in [-0.25, -0.2) is 9.97 Å². The first-order valence-electron chi connectivity index (χ1n) is 7.76. The quantitative estimate of drug-likeness (QED) is 0.839. The average Bonchev–Trinajstić information content (AvgIpc) is 2.81. The first-order chi connectivity index (χ1) is 11.1. The van der Waals surface area contributed by atoms with Crippen LogP contribution < -0.4 is 0 Å². The van der Waals surface area contributed by atoms with Crippen LogP contribution in [0.25, 0.3) is 0 Å². The molecule has 0 bridgehead atoms. The lowest BCUT2D eigenvalue weighted by molar-refractivity contribution is 0.0726. The molecule has 2 aromatic heterocycles. The Morgan fingerprint density at radius 2 is 2.30 bits per heavy atom. The predicted octanol–water partition coefficient (Wildman–Crippen LogP) is 0.850. The van der Waals surface area contributed by atoms with Gasteiger partial charge in [-0.15, -0.1) is 0 Å². The SMILES string of the molecule is Cc1cc(CC2COCCN(C(=O)c3ccnn3C)C2)ncn1. The van der Waals surface area contributed by atoms with E-state index in [1.807, 2.05) is 17.9 Å². The summed E-state index contributed by atoms with van der Waals surface area (Å²) in [7, 11) is 1.78. The monoisotopic (exact) mass is 315 g/mol. The van der Waals surface area contributed by atoms with Gasteiger partial charge in [0.15, 0.2) is 0 Å². The lowest BCUT2D eigenvalue weighted by Crippen LogP contribution is -2.37. The summed E-state index contributed by atoms with van der Waals surface area (Å²) in [6.07, 6.45) is 4.00. The third-order valence-electron chi connectivity index (χ3n) is 4.02. The maximum atomic E-state index is 12.7. The normalized spacial score (nSPS) is 18.7. The van der Waals surface area contributed by atoms with E-state index in [1.54, 1.807) is 30.3 Å². The first kappa shape index (κ1) is 15.6. The molecule has 3 rings (SSSR count). The summed E-state index contributed by atoms with van der Waals surface area (Å²) in [6, 6.07) is 3.73. The molecule has 122 valence electrons. The van der Waals surface area contributed by atoms with Gasteiger partial charge >= 0.3 is 0 Å². The van der Waals surface area contributed by atoms with Crippen molar-refractivity contribution in [2.24, 2.45) is 13.0 Å². The van der Waals surface area contributed by atoms with Crippen LogP contribution in [0, 0.1) is 12.8 Å². The first-order valence-corrected chi connectivity index (χ1v) is 7.76. The highest BCUT2D eigenvalue weighted by molar-refractivity contribution is 5.92. The molecule has 0 aromatic carbocycles. The van der Waals surface area contributed by atoms with Crippen LogP contribution in [0.4, 0.5) is 0 Å². The Balaban J connectivity index is 1.71. The molecule has 1 aliphatic rings. The number of carbonyl (C=O) groups excluding carboxylic acids is 1. The standard InChI is InChI=1S/C16H21N5O2/c1-12-7-14(18-11-17-12)8-13-9-21(5-6-23-10-13)16(22)15-3-4-19-20(15)2/h3-4,7,11,13H,5-6,8-10H2,1-2H3. The second-order valence-electron chi connectivity index (χ2n) is 5.89. The Bertz CT molecular complexity index is 685. The van der Waals surface area contributed by atoms with E-state index >= 15 is 0 Å². The van der Waals surface area contributed by atoms with Crippen LogP contribution in [0.1, 0.15) is 21.9 Å². The molecule has 1 aliphatic heterocycles. The van der Waals surface area contributed by atoms with Gasteiger partial charge in [0.25, 0.3) is 5.91 Å². The third-order valence-corrected chi connectivity index (χ3v) is 4.02. The van der Waals surface area contributed by atoms with Crippen molar-refractivity contribution in [3.05, 3.63) is 41.7 Å². The number of aryl methyl sites for hydroxylation is 2. The highest BCUT2D eigenvalue weighted by Crippen LogP contribution is 2.15. The van der Waals surface area contributed by atoms with Gasteiger partial charge in [-0.2, -0.15) is 5.10 Å². The number of rotatable bonds is 3. The second kappa shape index (κ2) is 6.87. The van der Waals surface area contributed by atoms with Gasteiger partial charge in [0, 0.05) is 43.6 Å². The summed E-state index contributed by atoms with van der Waals surface area (Å²) in [4.78, 5) is 23.0. The fraction of sp³-hybridized carbons (Fsp3) is 0.500. The molecular formula is C16H21N5O2. The van der Waals surface area contributed by atoms with Gasteiger partial charge in [0.1, 0.15) is 12.0 Å². The van der Waals surface area contributed by atoms with E-state index in [4.69, 9.17) is 4.74 Å². The van der Waals surface area contributed by atoms with Crippen molar-refractivity contribution in [3.8, 4) is 0 Å². The molecule has 7 heteroatoms. The van der Waals surface area contributed by atoms with E-state index in [-0.39, 0.29) is 11.8 Å². The summed E-state index contributed by atoms with van der Waals surface area (Å²) in [5, 5.41) is 4.07. The molecular weight excluding hydrogens is 294 g/mol. The third kappa shape index (κ3) is 3.73. The van der Waals surface area contributed by atoms with Gasteiger partial charge in [-0.05, 0) is 25.5 Å². The molecule has 0 aliphatic carbocycles. The Hall–Kier alpha value is -2.28. The average molecular weight is 315 g/mol. The Morgan fingerprint density at radius 3 is 3.04 bits per heavy atom.